The summed E-state index contributed by atoms with van der Waals surface area (Å²) < 4.78 is 24.9. The summed E-state index contributed by atoms with van der Waals surface area (Å²) in [7, 11) is -0.305. The van der Waals surface area contributed by atoms with Gasteiger partial charge in [-0.15, -0.1) is 0 Å². The SMILES string of the molecule is CO/C=C(\C(=O)O)P(=O)(OC)OC. The van der Waals surface area contributed by atoms with Crippen LogP contribution in [0.5, 0.6) is 0 Å². The fourth-order valence-electron chi connectivity index (χ4n) is 0.615. The van der Waals surface area contributed by atoms with Crippen molar-refractivity contribution in [2.45, 2.75) is 0 Å². The van der Waals surface area contributed by atoms with Crippen LogP contribution < -0.4 is 0 Å². The van der Waals surface area contributed by atoms with Gasteiger partial charge >= 0.3 is 13.6 Å². The van der Waals surface area contributed by atoms with Crippen molar-refractivity contribution in [3.63, 3.8) is 0 Å². The Kier molecular flexibility index (Phi) is 4.69. The van der Waals surface area contributed by atoms with Gasteiger partial charge in [0, 0.05) is 14.2 Å². The van der Waals surface area contributed by atoms with Crippen LogP contribution in [-0.2, 0) is 23.1 Å². The number of carboxylic acid groups (broad SMARTS) is 1. The van der Waals surface area contributed by atoms with Crippen LogP contribution in [0.3, 0.4) is 0 Å². The van der Waals surface area contributed by atoms with Crippen molar-refractivity contribution in [2.75, 3.05) is 21.3 Å². The second-order valence-electron chi connectivity index (χ2n) is 1.91. The molecular weight excluding hydrogens is 199 g/mol. The average Bonchev–Trinajstić information content (AvgIpc) is 2.12. The predicted octanol–water partition coefficient (Wildman–Crippen LogP) is 1.04. The summed E-state index contributed by atoms with van der Waals surface area (Å²) in [6, 6.07) is 0. The number of hydrogen-bond donors (Lipinski definition) is 1. The molecule has 0 radical (unpaired) electrons. The number of carboxylic acids is 1. The van der Waals surface area contributed by atoms with Crippen LogP contribution in [0.1, 0.15) is 0 Å². The van der Waals surface area contributed by atoms with Gasteiger partial charge in [-0.2, -0.15) is 0 Å². The van der Waals surface area contributed by atoms with Gasteiger partial charge in [-0.1, -0.05) is 0 Å². The smallest absolute Gasteiger partial charge is 0.371 e. The molecule has 7 heteroatoms. The number of methoxy groups -OCH3 is 1. The molecule has 0 spiro atoms. The number of aliphatic carboxylic acids is 1. The van der Waals surface area contributed by atoms with Gasteiger partial charge in [-0.3, -0.25) is 4.57 Å². The summed E-state index contributed by atoms with van der Waals surface area (Å²) in [5.74, 6) is -1.41. The minimum atomic E-state index is -3.73. The van der Waals surface area contributed by atoms with Gasteiger partial charge in [0.05, 0.1) is 7.11 Å². The van der Waals surface area contributed by atoms with Crippen molar-refractivity contribution in [2.24, 2.45) is 0 Å². The lowest BCUT2D eigenvalue weighted by molar-refractivity contribution is -0.132. The first-order chi connectivity index (χ1) is 6.01. The molecule has 0 saturated heterocycles. The molecule has 0 amide bonds. The lowest BCUT2D eigenvalue weighted by Crippen LogP contribution is -2.04. The molecule has 1 N–H and O–H groups in total. The van der Waals surface area contributed by atoms with Gasteiger partial charge in [0.15, 0.2) is 5.31 Å². The van der Waals surface area contributed by atoms with Gasteiger partial charge < -0.3 is 18.9 Å². The van der Waals surface area contributed by atoms with Crippen LogP contribution in [0.25, 0.3) is 0 Å². The third kappa shape index (κ3) is 2.84. The van der Waals surface area contributed by atoms with Crippen LogP contribution in [0.15, 0.2) is 11.6 Å². The molecule has 0 aliphatic heterocycles. The second-order valence-corrected chi connectivity index (χ2v) is 4.11. The van der Waals surface area contributed by atoms with E-state index in [2.05, 4.69) is 13.8 Å². The maximum Gasteiger partial charge on any atom is 0.371 e. The van der Waals surface area contributed by atoms with E-state index in [0.29, 0.717) is 0 Å². The number of rotatable bonds is 5. The normalized spacial score (nSPS) is 12.7. The molecule has 0 heterocycles. The zero-order valence-electron chi connectivity index (χ0n) is 7.51. The highest BCUT2D eigenvalue weighted by Gasteiger charge is 2.33. The molecule has 0 aliphatic carbocycles. The third-order valence-corrected chi connectivity index (χ3v) is 3.07. The topological polar surface area (TPSA) is 82.1 Å². The Morgan fingerprint density at radius 1 is 1.31 bits per heavy atom. The Hall–Kier alpha value is -0.840. The van der Waals surface area contributed by atoms with E-state index >= 15 is 0 Å². The van der Waals surface area contributed by atoms with E-state index in [1.165, 1.54) is 7.11 Å². The minimum Gasteiger partial charge on any atom is -0.503 e. The third-order valence-electron chi connectivity index (χ3n) is 1.22. The molecular formula is C6H11O6P. The van der Waals surface area contributed by atoms with E-state index in [-0.39, 0.29) is 0 Å². The van der Waals surface area contributed by atoms with E-state index in [9.17, 15) is 9.36 Å². The Bertz CT molecular complexity index is 250. The zero-order chi connectivity index (χ0) is 10.5. The van der Waals surface area contributed by atoms with Crippen molar-refractivity contribution < 1.29 is 28.3 Å². The Balaban J connectivity index is 5.05. The van der Waals surface area contributed by atoms with Crippen molar-refractivity contribution in [3.05, 3.63) is 11.6 Å². The number of carbonyl (C=O) groups is 1. The Morgan fingerprint density at radius 2 is 1.77 bits per heavy atom. The number of hydrogen-bond acceptors (Lipinski definition) is 5. The molecule has 0 atom stereocenters. The summed E-state index contributed by atoms with van der Waals surface area (Å²) in [6.45, 7) is 0. The lowest BCUT2D eigenvalue weighted by atomic mass is 10.6. The van der Waals surface area contributed by atoms with Crippen LogP contribution in [0.4, 0.5) is 0 Å². The molecule has 0 aliphatic rings. The van der Waals surface area contributed by atoms with Crippen molar-refractivity contribution >= 4 is 13.6 Å². The molecule has 0 bridgehead atoms. The molecule has 13 heavy (non-hydrogen) atoms. The fourth-order valence-corrected chi connectivity index (χ4v) is 1.63. The highest BCUT2D eigenvalue weighted by molar-refractivity contribution is 7.59. The minimum absolute atomic E-state index is 0.542. The van der Waals surface area contributed by atoms with E-state index < -0.39 is 18.9 Å². The maximum atomic E-state index is 11.5. The van der Waals surface area contributed by atoms with Crippen LogP contribution >= 0.6 is 7.60 Å². The van der Waals surface area contributed by atoms with Gasteiger partial charge in [0.2, 0.25) is 0 Å². The summed E-state index contributed by atoms with van der Waals surface area (Å²) >= 11 is 0. The second kappa shape index (κ2) is 5.01. The van der Waals surface area contributed by atoms with Gasteiger partial charge in [0.25, 0.3) is 0 Å². The molecule has 0 aromatic rings. The Morgan fingerprint density at radius 3 is 2.00 bits per heavy atom. The van der Waals surface area contributed by atoms with Crippen LogP contribution in [0.2, 0.25) is 0 Å². The summed E-state index contributed by atoms with van der Waals surface area (Å²) in [5.41, 5.74) is 0. The molecule has 6 nitrogen and oxygen atoms in total. The van der Waals surface area contributed by atoms with Gasteiger partial charge in [-0.05, 0) is 0 Å². The van der Waals surface area contributed by atoms with Crippen molar-refractivity contribution in [1.82, 2.24) is 0 Å². The largest absolute Gasteiger partial charge is 0.503 e. The summed E-state index contributed by atoms with van der Waals surface area (Å²) in [4.78, 5) is 10.6. The molecule has 76 valence electrons. The highest BCUT2D eigenvalue weighted by Crippen LogP contribution is 2.54. The van der Waals surface area contributed by atoms with E-state index in [0.717, 1.165) is 20.5 Å². The molecule has 0 aromatic heterocycles. The molecule has 0 saturated carbocycles. The van der Waals surface area contributed by atoms with E-state index in [1.807, 2.05) is 0 Å². The quantitative estimate of drug-likeness (QED) is 0.414. The molecule has 0 aromatic carbocycles. The van der Waals surface area contributed by atoms with Crippen LogP contribution in [0, 0.1) is 0 Å². The molecule has 0 rings (SSSR count). The van der Waals surface area contributed by atoms with Crippen molar-refractivity contribution in [1.29, 1.82) is 0 Å². The monoisotopic (exact) mass is 210 g/mol. The first-order valence-electron chi connectivity index (χ1n) is 3.20. The fraction of sp³-hybridized carbons (Fsp3) is 0.500. The molecule has 0 unspecified atom stereocenters. The zero-order valence-corrected chi connectivity index (χ0v) is 8.41. The summed E-state index contributed by atoms with van der Waals surface area (Å²) in [6.07, 6.45) is 0.816. The lowest BCUT2D eigenvalue weighted by Gasteiger charge is -2.12. The van der Waals surface area contributed by atoms with E-state index in [1.54, 1.807) is 0 Å². The first-order valence-corrected chi connectivity index (χ1v) is 4.74. The predicted molar refractivity (Wildman–Crippen MR) is 44.4 cm³/mol. The highest BCUT2D eigenvalue weighted by atomic mass is 31.2. The first kappa shape index (κ1) is 12.2. The average molecular weight is 210 g/mol. The number of ether oxygens (including phenoxy) is 1. The van der Waals surface area contributed by atoms with Crippen LogP contribution in [-0.4, -0.2) is 32.4 Å². The van der Waals surface area contributed by atoms with Crippen molar-refractivity contribution in [3.8, 4) is 0 Å². The van der Waals surface area contributed by atoms with Gasteiger partial charge in [-0.25, -0.2) is 4.79 Å². The molecule has 0 fully saturated rings. The standard InChI is InChI=1S/C6H11O6P/c1-10-4-5(6(7)8)13(9,11-2)12-3/h4H,1-3H3,(H,7,8)/b5-4+. The maximum absolute atomic E-state index is 11.5. The Labute approximate surface area is 75.6 Å². The van der Waals surface area contributed by atoms with Gasteiger partial charge in [0.1, 0.15) is 6.26 Å². The summed E-state index contributed by atoms with van der Waals surface area (Å²) in [5, 5.41) is 8.08. The van der Waals surface area contributed by atoms with E-state index in [4.69, 9.17) is 5.11 Å².